The second-order valence-electron chi connectivity index (χ2n) is 8.73. The van der Waals surface area contributed by atoms with E-state index in [9.17, 15) is 14.4 Å². The molecule has 2 aromatic carbocycles. The van der Waals surface area contributed by atoms with Crippen molar-refractivity contribution in [2.75, 3.05) is 12.8 Å². The summed E-state index contributed by atoms with van der Waals surface area (Å²) in [5.41, 5.74) is 0. The topological polar surface area (TPSA) is 104 Å². The summed E-state index contributed by atoms with van der Waals surface area (Å²) in [6.45, 7) is 0.845. The zero-order valence-corrected chi connectivity index (χ0v) is 25.2. The number of fused-ring (bicyclic) bond motifs is 2. The van der Waals surface area contributed by atoms with Gasteiger partial charge in [-0.05, 0) is 32.0 Å². The van der Waals surface area contributed by atoms with Gasteiger partial charge in [-0.3, -0.25) is 14.4 Å². The molecule has 11 heteroatoms. The monoisotopic (exact) mass is 625 g/mol. The number of thioether (sulfide) groups is 1. The molecule has 4 aromatic rings. The summed E-state index contributed by atoms with van der Waals surface area (Å²) >= 11 is 16.6. The largest absolute Gasteiger partial charge is 0.481 e. The maximum atomic E-state index is 10.8. The molecule has 0 bridgehead atoms. The Morgan fingerprint density at radius 3 is 2.10 bits per heavy atom. The molecule has 0 aliphatic heterocycles. The molecule has 1 fully saturated rings. The number of hydrogen-bond donors (Lipinski definition) is 3. The van der Waals surface area contributed by atoms with Crippen LogP contribution in [0, 0.1) is 5.92 Å². The Bertz CT molecular complexity index is 1420. The Balaban J connectivity index is 0.000000162. The minimum Gasteiger partial charge on any atom is -0.481 e. The van der Waals surface area contributed by atoms with Crippen molar-refractivity contribution in [2.24, 2.45) is 5.92 Å². The second kappa shape index (κ2) is 15.6. The SMILES string of the molecule is CNCc1sc2ccccc2c1Cl.O=C(O)CSC1CCCCC1C(=O)O.O=Cc1sc2ccccc2c1Cl. The smallest absolute Gasteiger partial charge is 0.313 e. The van der Waals surface area contributed by atoms with Crippen molar-refractivity contribution in [3.63, 3.8) is 0 Å². The maximum Gasteiger partial charge on any atom is 0.313 e. The molecular weight excluding hydrogens is 597 g/mol. The van der Waals surface area contributed by atoms with Crippen molar-refractivity contribution in [2.45, 2.75) is 37.5 Å². The molecular formula is C28H29Cl2NO5S3. The molecule has 0 amide bonds. The first-order chi connectivity index (χ1) is 18.8. The number of nitrogens with one attached hydrogen (secondary N) is 1. The molecule has 0 saturated heterocycles. The molecule has 5 rings (SSSR count). The Labute approximate surface area is 249 Å². The van der Waals surface area contributed by atoms with Gasteiger partial charge in [0.25, 0.3) is 0 Å². The molecule has 2 heterocycles. The van der Waals surface area contributed by atoms with Gasteiger partial charge in [0.15, 0.2) is 6.29 Å². The lowest BCUT2D eigenvalue weighted by molar-refractivity contribution is -0.142. The molecule has 3 N–H and O–H groups in total. The third kappa shape index (κ3) is 8.67. The van der Waals surface area contributed by atoms with E-state index in [1.165, 1.54) is 38.1 Å². The molecule has 2 aromatic heterocycles. The van der Waals surface area contributed by atoms with Gasteiger partial charge in [-0.2, -0.15) is 0 Å². The van der Waals surface area contributed by atoms with E-state index in [1.807, 2.05) is 43.4 Å². The van der Waals surface area contributed by atoms with E-state index < -0.39 is 11.9 Å². The summed E-state index contributed by atoms with van der Waals surface area (Å²) in [5.74, 6) is -2.00. The van der Waals surface area contributed by atoms with Gasteiger partial charge in [0.1, 0.15) is 0 Å². The van der Waals surface area contributed by atoms with Crippen molar-refractivity contribution in [3.05, 3.63) is 68.3 Å². The first kappa shape index (κ1) is 31.4. The lowest BCUT2D eigenvalue weighted by Crippen LogP contribution is -2.29. The average molecular weight is 627 g/mol. The van der Waals surface area contributed by atoms with Crippen LogP contribution < -0.4 is 5.32 Å². The van der Waals surface area contributed by atoms with E-state index in [1.54, 1.807) is 11.3 Å². The molecule has 1 aliphatic rings. The first-order valence-electron chi connectivity index (χ1n) is 12.3. The van der Waals surface area contributed by atoms with Crippen LogP contribution >= 0.6 is 57.6 Å². The summed E-state index contributed by atoms with van der Waals surface area (Å²) in [5, 5.41) is 24.1. The second-order valence-corrected chi connectivity index (χ2v) is 12.9. The first-order valence-corrected chi connectivity index (χ1v) is 15.7. The van der Waals surface area contributed by atoms with Crippen LogP contribution in [0.15, 0.2) is 48.5 Å². The van der Waals surface area contributed by atoms with Gasteiger partial charge in [-0.1, -0.05) is 72.4 Å². The molecule has 2 atom stereocenters. The number of carbonyl (C=O) groups excluding carboxylic acids is 1. The van der Waals surface area contributed by atoms with E-state index in [0.717, 1.165) is 47.2 Å². The van der Waals surface area contributed by atoms with Crippen LogP contribution in [0.3, 0.4) is 0 Å². The number of rotatable bonds is 7. The molecule has 1 saturated carbocycles. The highest BCUT2D eigenvalue weighted by molar-refractivity contribution is 8.00. The standard InChI is InChI=1S/C10H10ClNS.C9H5ClOS.C9H14O4S/c1-12-6-9-10(11)7-4-2-3-5-8(7)13-9;10-9-6-3-1-2-4-7(6)12-8(9)5-11;10-8(11)5-14-7-4-2-1-3-6(7)9(12)13/h2-5,12H,6H2,1H3;1-5H;6-7H,1-5H2,(H,10,11)(H,12,13). The van der Waals surface area contributed by atoms with Crippen molar-refractivity contribution in [1.82, 2.24) is 5.32 Å². The van der Waals surface area contributed by atoms with Gasteiger partial charge in [-0.15, -0.1) is 34.4 Å². The van der Waals surface area contributed by atoms with Crippen LogP contribution in [0.4, 0.5) is 0 Å². The number of aliphatic carboxylic acids is 2. The third-order valence-corrected chi connectivity index (χ3v) is 10.8. The number of hydrogen-bond acceptors (Lipinski definition) is 7. The number of halogens is 2. The number of carbonyl (C=O) groups is 3. The number of aldehydes is 1. The Hall–Kier alpha value is -2.14. The van der Waals surface area contributed by atoms with Gasteiger partial charge in [0.05, 0.1) is 26.6 Å². The van der Waals surface area contributed by atoms with Crippen molar-refractivity contribution in [3.8, 4) is 0 Å². The highest BCUT2D eigenvalue weighted by Gasteiger charge is 2.31. The summed E-state index contributed by atoms with van der Waals surface area (Å²) in [6.07, 6.45) is 4.27. The minimum atomic E-state index is -0.871. The zero-order chi connectivity index (χ0) is 28.4. The van der Waals surface area contributed by atoms with E-state index in [4.69, 9.17) is 33.4 Å². The lowest BCUT2D eigenvalue weighted by Gasteiger charge is -2.27. The van der Waals surface area contributed by atoms with Crippen LogP contribution in [0.2, 0.25) is 10.0 Å². The fraction of sp³-hybridized carbons (Fsp3) is 0.321. The fourth-order valence-electron chi connectivity index (χ4n) is 4.20. The predicted octanol–water partition coefficient (Wildman–Crippen LogP) is 8.09. The van der Waals surface area contributed by atoms with Crippen LogP contribution in [-0.2, 0) is 16.1 Å². The molecule has 208 valence electrons. The molecule has 0 radical (unpaired) electrons. The zero-order valence-electron chi connectivity index (χ0n) is 21.2. The van der Waals surface area contributed by atoms with Gasteiger partial charge in [-0.25, -0.2) is 0 Å². The van der Waals surface area contributed by atoms with Gasteiger partial charge in [0, 0.05) is 36.8 Å². The maximum absolute atomic E-state index is 10.8. The van der Waals surface area contributed by atoms with E-state index >= 15 is 0 Å². The minimum absolute atomic E-state index is 0.00838. The highest BCUT2D eigenvalue weighted by atomic mass is 35.5. The average Bonchev–Trinajstić information content (AvgIpc) is 3.44. The van der Waals surface area contributed by atoms with Crippen LogP contribution in [0.1, 0.15) is 40.2 Å². The Kier molecular flexibility index (Phi) is 12.6. The van der Waals surface area contributed by atoms with Gasteiger partial charge < -0.3 is 15.5 Å². The van der Waals surface area contributed by atoms with Crippen molar-refractivity contribution < 1.29 is 24.6 Å². The molecule has 6 nitrogen and oxygen atoms in total. The molecule has 2 unspecified atom stereocenters. The quantitative estimate of drug-likeness (QED) is 0.178. The van der Waals surface area contributed by atoms with Crippen molar-refractivity contribution >= 4 is 96.0 Å². The normalized spacial score (nSPS) is 16.6. The Morgan fingerprint density at radius 1 is 0.974 bits per heavy atom. The number of benzene rings is 2. The van der Waals surface area contributed by atoms with E-state index in [2.05, 4.69) is 17.4 Å². The third-order valence-electron chi connectivity index (χ3n) is 6.05. The number of carboxylic acids is 2. The van der Waals surface area contributed by atoms with Crippen molar-refractivity contribution in [1.29, 1.82) is 0 Å². The van der Waals surface area contributed by atoms with Crippen LogP contribution in [0.5, 0.6) is 0 Å². The Morgan fingerprint density at radius 2 is 1.56 bits per heavy atom. The molecule has 1 aliphatic carbocycles. The van der Waals surface area contributed by atoms with Crippen LogP contribution in [-0.4, -0.2) is 46.5 Å². The van der Waals surface area contributed by atoms with Gasteiger partial charge >= 0.3 is 11.9 Å². The summed E-state index contributed by atoms with van der Waals surface area (Å²) in [7, 11) is 1.93. The fourth-order valence-corrected chi connectivity index (χ4v) is 8.18. The molecule has 0 spiro atoms. The van der Waals surface area contributed by atoms with E-state index in [0.29, 0.717) is 16.3 Å². The lowest BCUT2D eigenvalue weighted by atomic mass is 9.89. The molecule has 39 heavy (non-hydrogen) atoms. The summed E-state index contributed by atoms with van der Waals surface area (Å²) in [4.78, 5) is 33.5. The van der Waals surface area contributed by atoms with Gasteiger partial charge in [0.2, 0.25) is 0 Å². The number of carboxylic acid groups (broad SMARTS) is 2. The highest BCUT2D eigenvalue weighted by Crippen LogP contribution is 2.36. The predicted molar refractivity (Wildman–Crippen MR) is 165 cm³/mol. The van der Waals surface area contributed by atoms with E-state index in [-0.39, 0.29) is 16.9 Å². The number of thiophene rings is 2. The summed E-state index contributed by atoms with van der Waals surface area (Å²) in [6, 6.07) is 15.9. The summed E-state index contributed by atoms with van der Waals surface area (Å²) < 4.78 is 2.32. The van der Waals surface area contributed by atoms with Crippen LogP contribution in [0.25, 0.3) is 20.2 Å².